The van der Waals surface area contributed by atoms with Crippen molar-refractivity contribution < 1.29 is 12.6 Å². The van der Waals surface area contributed by atoms with Gasteiger partial charge in [0.25, 0.3) is 10.1 Å². The monoisotopic (exact) mass is 362 g/mol. The summed E-state index contributed by atoms with van der Waals surface area (Å²) in [5.41, 5.74) is 10.8. The Labute approximate surface area is 145 Å². The van der Waals surface area contributed by atoms with Crippen LogP contribution in [0.4, 0.5) is 0 Å². The first kappa shape index (κ1) is 17.0. The average Bonchev–Trinajstić information content (AvgIpc) is 3.02. The highest BCUT2D eigenvalue weighted by molar-refractivity contribution is 7.86. The number of hydrogen-bond donors (Lipinski definition) is 1. The van der Waals surface area contributed by atoms with Crippen molar-refractivity contribution >= 4 is 31.7 Å². The highest BCUT2D eigenvalue weighted by Gasteiger charge is 2.16. The minimum absolute atomic E-state index is 0.0398. The van der Waals surface area contributed by atoms with E-state index < -0.39 is 10.1 Å². The van der Waals surface area contributed by atoms with Crippen molar-refractivity contribution in [2.75, 3.05) is 6.61 Å². The van der Waals surface area contributed by atoms with Crippen molar-refractivity contribution in [3.63, 3.8) is 0 Å². The maximum Gasteiger partial charge on any atom is 0.296 e. The summed E-state index contributed by atoms with van der Waals surface area (Å²) in [6.45, 7) is 1.94. The highest BCUT2D eigenvalue weighted by atomic mass is 32.2. The second kappa shape index (κ2) is 6.98. The third kappa shape index (κ3) is 3.81. The molecule has 0 fully saturated rings. The Morgan fingerprint density at radius 1 is 1.21 bits per heavy atom. The Kier molecular flexibility index (Phi) is 4.96. The smallest absolute Gasteiger partial charge is 0.296 e. The number of benzene rings is 2. The van der Waals surface area contributed by atoms with Crippen LogP contribution in [0.25, 0.3) is 10.2 Å². The molecule has 3 rings (SSSR count). The molecule has 0 amide bonds. The summed E-state index contributed by atoms with van der Waals surface area (Å²) in [4.78, 5) is 4.39. The van der Waals surface area contributed by atoms with Crippen LogP contribution >= 0.6 is 11.3 Å². The summed E-state index contributed by atoms with van der Waals surface area (Å²) in [7, 11) is -3.74. The molecular weight excluding hydrogens is 344 g/mol. The minimum Gasteiger partial charge on any atom is -0.324 e. The molecule has 1 unspecified atom stereocenters. The fraction of sp³-hybridized carbons (Fsp3) is 0.235. The molecule has 0 saturated carbocycles. The molecule has 1 heterocycles. The molecule has 7 heteroatoms. The zero-order chi connectivity index (χ0) is 17.2. The molecule has 0 aliphatic heterocycles. The van der Waals surface area contributed by atoms with Gasteiger partial charge in [0.2, 0.25) is 0 Å². The fourth-order valence-electron chi connectivity index (χ4n) is 2.33. The largest absolute Gasteiger partial charge is 0.324 e. The first-order chi connectivity index (χ1) is 11.5. The van der Waals surface area contributed by atoms with Gasteiger partial charge >= 0.3 is 0 Å². The van der Waals surface area contributed by atoms with Gasteiger partial charge in [0, 0.05) is 6.04 Å². The summed E-state index contributed by atoms with van der Waals surface area (Å²) in [5, 5.41) is 0. The van der Waals surface area contributed by atoms with E-state index in [1.807, 2.05) is 25.1 Å². The van der Waals surface area contributed by atoms with Crippen LogP contribution in [0, 0.1) is 6.92 Å². The quantitative estimate of drug-likeness (QED) is 0.680. The van der Waals surface area contributed by atoms with Crippen molar-refractivity contribution in [2.24, 2.45) is 5.73 Å². The topological polar surface area (TPSA) is 82.3 Å². The molecule has 0 radical (unpaired) electrons. The zero-order valence-corrected chi connectivity index (χ0v) is 14.8. The van der Waals surface area contributed by atoms with E-state index in [9.17, 15) is 8.42 Å². The number of nitrogens with zero attached hydrogens (tertiary/aromatic N) is 1. The lowest BCUT2D eigenvalue weighted by Gasteiger charge is -2.12. The molecule has 0 aliphatic rings. The van der Waals surface area contributed by atoms with Crippen molar-refractivity contribution in [1.82, 2.24) is 4.98 Å². The van der Waals surface area contributed by atoms with Crippen LogP contribution in [0.2, 0.25) is 0 Å². The molecule has 0 aliphatic carbocycles. The van der Waals surface area contributed by atoms with Gasteiger partial charge in [0.15, 0.2) is 0 Å². The fourth-order valence-corrected chi connectivity index (χ4v) is 3.97. The van der Waals surface area contributed by atoms with E-state index in [-0.39, 0.29) is 17.5 Å². The van der Waals surface area contributed by atoms with Crippen molar-refractivity contribution in [3.8, 4) is 0 Å². The highest BCUT2D eigenvalue weighted by Crippen LogP contribution is 2.23. The Morgan fingerprint density at radius 2 is 1.96 bits per heavy atom. The van der Waals surface area contributed by atoms with E-state index in [2.05, 4.69) is 4.98 Å². The van der Waals surface area contributed by atoms with Gasteiger partial charge in [-0.1, -0.05) is 23.8 Å². The lowest BCUT2D eigenvalue weighted by atomic mass is 10.1. The zero-order valence-electron chi connectivity index (χ0n) is 13.2. The SMILES string of the molecule is Cc1ccc(S(=O)(=O)OCCC(N)c2ccc3ncsc3c2)cc1. The molecule has 0 spiro atoms. The third-order valence-corrected chi connectivity index (χ3v) is 5.88. The van der Waals surface area contributed by atoms with Gasteiger partial charge in [-0.25, -0.2) is 4.98 Å². The summed E-state index contributed by atoms with van der Waals surface area (Å²) >= 11 is 1.55. The molecule has 126 valence electrons. The van der Waals surface area contributed by atoms with Crippen LogP contribution in [-0.4, -0.2) is 20.0 Å². The predicted octanol–water partition coefficient (Wildman–Crippen LogP) is 3.40. The van der Waals surface area contributed by atoms with Crippen molar-refractivity contribution in [2.45, 2.75) is 24.3 Å². The molecule has 1 aromatic heterocycles. The van der Waals surface area contributed by atoms with E-state index in [4.69, 9.17) is 9.92 Å². The lowest BCUT2D eigenvalue weighted by Crippen LogP contribution is -2.15. The maximum absolute atomic E-state index is 12.1. The Morgan fingerprint density at radius 3 is 2.71 bits per heavy atom. The maximum atomic E-state index is 12.1. The van der Waals surface area contributed by atoms with Crippen LogP contribution in [-0.2, 0) is 14.3 Å². The van der Waals surface area contributed by atoms with Gasteiger partial charge in [-0.15, -0.1) is 11.3 Å². The summed E-state index contributed by atoms with van der Waals surface area (Å²) in [5.74, 6) is 0. The summed E-state index contributed by atoms with van der Waals surface area (Å²) in [6.07, 6.45) is 0.412. The summed E-state index contributed by atoms with van der Waals surface area (Å²) < 4.78 is 30.4. The Hall–Kier alpha value is -1.80. The van der Waals surface area contributed by atoms with Crippen molar-refractivity contribution in [1.29, 1.82) is 0 Å². The molecule has 2 aromatic carbocycles. The molecule has 2 N–H and O–H groups in total. The van der Waals surface area contributed by atoms with Crippen molar-refractivity contribution in [3.05, 3.63) is 59.1 Å². The second-order valence-corrected chi connectivity index (χ2v) is 8.07. The number of rotatable bonds is 6. The van der Waals surface area contributed by atoms with Gasteiger partial charge in [-0.2, -0.15) is 8.42 Å². The van der Waals surface area contributed by atoms with Crippen LogP contribution in [0.1, 0.15) is 23.6 Å². The second-order valence-electron chi connectivity index (χ2n) is 5.56. The van der Waals surface area contributed by atoms with Crippen LogP contribution in [0.5, 0.6) is 0 Å². The average molecular weight is 362 g/mol. The van der Waals surface area contributed by atoms with Crippen LogP contribution in [0.15, 0.2) is 52.9 Å². The van der Waals surface area contributed by atoms with E-state index in [0.717, 1.165) is 21.3 Å². The van der Waals surface area contributed by atoms with Gasteiger partial charge in [0.1, 0.15) is 0 Å². The number of nitrogens with two attached hydrogens (primary N) is 1. The first-order valence-corrected chi connectivity index (χ1v) is 9.79. The van der Waals surface area contributed by atoms with E-state index in [1.54, 1.807) is 41.1 Å². The molecule has 1 atom stereocenters. The Balaban J connectivity index is 1.61. The lowest BCUT2D eigenvalue weighted by molar-refractivity contribution is 0.301. The van der Waals surface area contributed by atoms with Crippen LogP contribution in [0.3, 0.4) is 0 Å². The number of thiazole rings is 1. The predicted molar refractivity (Wildman–Crippen MR) is 95.5 cm³/mol. The van der Waals surface area contributed by atoms with E-state index in [1.165, 1.54) is 0 Å². The third-order valence-electron chi connectivity index (χ3n) is 3.76. The van der Waals surface area contributed by atoms with Gasteiger partial charge in [0.05, 0.1) is 27.2 Å². The summed E-state index contributed by atoms with van der Waals surface area (Å²) in [6, 6.07) is 12.1. The number of fused-ring (bicyclic) bond motifs is 1. The standard InChI is InChI=1S/C17H18N2O3S2/c1-12-2-5-14(6-3-12)24(20,21)22-9-8-15(18)13-4-7-16-17(10-13)23-11-19-16/h2-7,10-11,15H,8-9,18H2,1H3. The van der Waals surface area contributed by atoms with E-state index in [0.29, 0.717) is 6.42 Å². The molecular formula is C17H18N2O3S2. The Bertz CT molecular complexity index is 934. The van der Waals surface area contributed by atoms with Gasteiger partial charge < -0.3 is 5.73 Å². The molecule has 5 nitrogen and oxygen atoms in total. The van der Waals surface area contributed by atoms with Crippen LogP contribution < -0.4 is 5.73 Å². The van der Waals surface area contributed by atoms with E-state index >= 15 is 0 Å². The normalized spacial score (nSPS) is 13.2. The number of hydrogen-bond acceptors (Lipinski definition) is 6. The molecule has 24 heavy (non-hydrogen) atoms. The molecule has 3 aromatic rings. The number of aromatic nitrogens is 1. The molecule has 0 saturated heterocycles. The van der Waals surface area contributed by atoms with Gasteiger partial charge in [-0.05, 0) is 43.2 Å². The minimum atomic E-state index is -3.74. The first-order valence-electron chi connectivity index (χ1n) is 7.50. The number of aryl methyl sites for hydroxylation is 1. The van der Waals surface area contributed by atoms with Gasteiger partial charge in [-0.3, -0.25) is 4.18 Å². The molecule has 0 bridgehead atoms.